The molecule has 3 N–H and O–H groups in total. The predicted octanol–water partition coefficient (Wildman–Crippen LogP) is 4.02. The molecule has 0 spiro atoms. The van der Waals surface area contributed by atoms with Crippen LogP contribution < -0.4 is 5.73 Å². The van der Waals surface area contributed by atoms with Crippen LogP contribution in [0.4, 0.5) is 4.79 Å². The molecule has 1 atom stereocenters. The number of hydrogen-bond acceptors (Lipinski definition) is 3. The Bertz CT molecular complexity index is 1060. The highest BCUT2D eigenvalue weighted by molar-refractivity contribution is 6.31. The van der Waals surface area contributed by atoms with Gasteiger partial charge < -0.3 is 15.5 Å². The molecule has 2 aromatic carbocycles. The molecule has 28 heavy (non-hydrogen) atoms. The van der Waals surface area contributed by atoms with Crippen LogP contribution in [0.15, 0.2) is 42.5 Å². The van der Waals surface area contributed by atoms with E-state index in [0.717, 1.165) is 27.7 Å². The third-order valence-electron chi connectivity index (χ3n) is 5.10. The molecule has 2 heterocycles. The number of amides is 2. The maximum absolute atomic E-state index is 12.6. The topological polar surface area (TPSA) is 88.4 Å². The smallest absolute Gasteiger partial charge is 0.410 e. The van der Waals surface area contributed by atoms with Crippen LogP contribution in [-0.4, -0.2) is 35.0 Å². The molecule has 0 fully saturated rings. The third kappa shape index (κ3) is 3.10. The number of rotatable bonds is 3. The van der Waals surface area contributed by atoms with Crippen molar-refractivity contribution in [2.24, 2.45) is 5.73 Å². The summed E-state index contributed by atoms with van der Waals surface area (Å²) in [6.07, 6.45) is 0.332. The van der Waals surface area contributed by atoms with Crippen molar-refractivity contribution in [1.82, 2.24) is 9.88 Å². The van der Waals surface area contributed by atoms with Crippen molar-refractivity contribution in [2.45, 2.75) is 19.4 Å². The molecule has 6 nitrogen and oxygen atoms in total. The average Bonchev–Trinajstić information content (AvgIpc) is 3.05. The molecule has 3 aromatic rings. The number of ether oxygens (including phenoxy) is 1. The third-order valence-corrected chi connectivity index (χ3v) is 5.34. The van der Waals surface area contributed by atoms with Gasteiger partial charge in [-0.2, -0.15) is 0 Å². The number of benzene rings is 2. The quantitative estimate of drug-likeness (QED) is 0.699. The van der Waals surface area contributed by atoms with Crippen LogP contribution in [0, 0.1) is 0 Å². The van der Waals surface area contributed by atoms with Gasteiger partial charge in [0.25, 0.3) is 0 Å². The van der Waals surface area contributed by atoms with Crippen LogP contribution in [0.2, 0.25) is 5.02 Å². The molecule has 144 valence electrons. The number of primary amides is 1. The molecule has 1 unspecified atom stereocenters. The van der Waals surface area contributed by atoms with Gasteiger partial charge in [0, 0.05) is 33.7 Å². The summed E-state index contributed by atoms with van der Waals surface area (Å²) in [5.74, 6) is -0.488. The Morgan fingerprint density at radius 2 is 2.00 bits per heavy atom. The second-order valence-electron chi connectivity index (χ2n) is 6.74. The summed E-state index contributed by atoms with van der Waals surface area (Å²) in [5, 5.41) is 1.73. The number of aromatic amines is 1. The summed E-state index contributed by atoms with van der Waals surface area (Å²) in [7, 11) is 0. The largest absolute Gasteiger partial charge is 0.450 e. The Labute approximate surface area is 167 Å². The highest BCUT2D eigenvalue weighted by atomic mass is 35.5. The molecule has 0 saturated heterocycles. The van der Waals surface area contributed by atoms with Crippen LogP contribution in [0.5, 0.6) is 0 Å². The van der Waals surface area contributed by atoms with Gasteiger partial charge in [-0.15, -0.1) is 0 Å². The van der Waals surface area contributed by atoms with Crippen LogP contribution in [-0.2, 0) is 11.2 Å². The maximum Gasteiger partial charge on any atom is 0.410 e. The van der Waals surface area contributed by atoms with Crippen molar-refractivity contribution in [1.29, 1.82) is 0 Å². The van der Waals surface area contributed by atoms with Gasteiger partial charge in [0.05, 0.1) is 6.61 Å². The first-order valence-electron chi connectivity index (χ1n) is 9.12. The number of carbonyl (C=O) groups excluding carboxylic acids is 2. The fraction of sp³-hybridized carbons (Fsp3) is 0.238. The second-order valence-corrected chi connectivity index (χ2v) is 7.17. The van der Waals surface area contributed by atoms with Gasteiger partial charge in [-0.3, -0.25) is 9.69 Å². The van der Waals surface area contributed by atoms with E-state index in [4.69, 9.17) is 22.1 Å². The number of halogens is 1. The van der Waals surface area contributed by atoms with E-state index in [1.54, 1.807) is 24.0 Å². The van der Waals surface area contributed by atoms with E-state index in [1.807, 2.05) is 30.3 Å². The zero-order chi connectivity index (χ0) is 19.8. The lowest BCUT2D eigenvalue weighted by atomic mass is 9.92. The lowest BCUT2D eigenvalue weighted by Gasteiger charge is -2.35. The van der Waals surface area contributed by atoms with Crippen molar-refractivity contribution in [3.8, 4) is 0 Å². The minimum absolute atomic E-state index is 0.303. The number of nitrogens with one attached hydrogen (secondary N) is 1. The predicted molar refractivity (Wildman–Crippen MR) is 108 cm³/mol. The first kappa shape index (κ1) is 18.4. The van der Waals surface area contributed by atoms with Crippen LogP contribution in [0.1, 0.15) is 40.1 Å². The summed E-state index contributed by atoms with van der Waals surface area (Å²) in [4.78, 5) is 29.2. The molecule has 0 saturated carbocycles. The zero-order valence-corrected chi connectivity index (χ0v) is 16.1. The summed E-state index contributed by atoms with van der Waals surface area (Å²) < 4.78 is 5.28. The Balaban J connectivity index is 1.86. The number of nitrogens with two attached hydrogens (primary N) is 1. The summed E-state index contributed by atoms with van der Waals surface area (Å²) >= 11 is 6.20. The molecule has 7 heteroatoms. The number of carbonyl (C=O) groups is 2. The molecule has 1 aliphatic rings. The standard InChI is InChI=1S/C21H20ClN3O3/c1-2-28-21(27)25-10-9-15-16-11-14(22)7-8-17(16)24-18(15)19(25)12-3-5-13(6-4-12)20(23)26/h3-8,11,19,24H,2,9-10H2,1H3,(H2,23,26). The van der Waals surface area contributed by atoms with Gasteiger partial charge in [0.15, 0.2) is 0 Å². The molecule has 1 aromatic heterocycles. The zero-order valence-electron chi connectivity index (χ0n) is 15.4. The SMILES string of the molecule is CCOC(=O)N1CCc2c([nH]c3ccc(Cl)cc23)C1c1ccc(C(N)=O)cc1. The van der Waals surface area contributed by atoms with E-state index < -0.39 is 5.91 Å². The summed E-state index contributed by atoms with van der Waals surface area (Å²) in [6, 6.07) is 12.4. The van der Waals surface area contributed by atoms with Crippen LogP contribution >= 0.6 is 11.6 Å². The molecular formula is C21H20ClN3O3. The molecule has 1 aliphatic heterocycles. The fourth-order valence-electron chi connectivity index (χ4n) is 3.84. The van der Waals surface area contributed by atoms with E-state index in [0.29, 0.717) is 30.2 Å². The van der Waals surface area contributed by atoms with Crippen molar-refractivity contribution in [3.63, 3.8) is 0 Å². The first-order chi connectivity index (χ1) is 13.5. The second kappa shape index (κ2) is 7.20. The summed E-state index contributed by atoms with van der Waals surface area (Å²) in [6.45, 7) is 2.61. The fourth-order valence-corrected chi connectivity index (χ4v) is 4.01. The van der Waals surface area contributed by atoms with Crippen molar-refractivity contribution < 1.29 is 14.3 Å². The van der Waals surface area contributed by atoms with Crippen molar-refractivity contribution in [2.75, 3.05) is 13.2 Å². The van der Waals surface area contributed by atoms with Gasteiger partial charge in [0.1, 0.15) is 6.04 Å². The first-order valence-corrected chi connectivity index (χ1v) is 9.50. The molecular weight excluding hydrogens is 378 g/mol. The van der Waals surface area contributed by atoms with E-state index in [9.17, 15) is 9.59 Å². The number of nitrogens with zero attached hydrogens (tertiary/aromatic N) is 1. The monoisotopic (exact) mass is 397 g/mol. The highest BCUT2D eigenvalue weighted by Gasteiger charge is 2.35. The van der Waals surface area contributed by atoms with Gasteiger partial charge in [0.2, 0.25) is 5.91 Å². The normalized spacial score (nSPS) is 16.1. The lowest BCUT2D eigenvalue weighted by molar-refractivity contribution is 0.0930. The minimum atomic E-state index is -0.488. The number of H-pyrrole nitrogens is 1. The van der Waals surface area contributed by atoms with Gasteiger partial charge in [-0.25, -0.2) is 4.79 Å². The molecule has 0 bridgehead atoms. The molecule has 4 rings (SSSR count). The van der Waals surface area contributed by atoms with Gasteiger partial charge >= 0.3 is 6.09 Å². The van der Waals surface area contributed by atoms with Crippen LogP contribution in [0.25, 0.3) is 10.9 Å². The Morgan fingerprint density at radius 3 is 2.68 bits per heavy atom. The molecule has 0 aliphatic carbocycles. The Hall–Kier alpha value is -2.99. The molecule has 0 radical (unpaired) electrons. The van der Waals surface area contributed by atoms with E-state index in [2.05, 4.69) is 4.98 Å². The number of fused-ring (bicyclic) bond motifs is 3. The number of hydrogen-bond donors (Lipinski definition) is 2. The van der Waals surface area contributed by atoms with Crippen molar-refractivity contribution in [3.05, 3.63) is 69.9 Å². The Kier molecular flexibility index (Phi) is 4.73. The van der Waals surface area contributed by atoms with E-state index >= 15 is 0 Å². The van der Waals surface area contributed by atoms with E-state index in [-0.39, 0.29) is 12.1 Å². The van der Waals surface area contributed by atoms with Crippen molar-refractivity contribution >= 4 is 34.5 Å². The highest BCUT2D eigenvalue weighted by Crippen LogP contribution is 2.39. The summed E-state index contributed by atoms with van der Waals surface area (Å²) in [5.41, 5.74) is 9.70. The minimum Gasteiger partial charge on any atom is -0.450 e. The maximum atomic E-state index is 12.6. The van der Waals surface area contributed by atoms with Gasteiger partial charge in [-0.05, 0) is 54.8 Å². The number of aromatic nitrogens is 1. The Morgan fingerprint density at radius 1 is 1.25 bits per heavy atom. The molecule has 2 amide bonds. The van der Waals surface area contributed by atoms with Crippen LogP contribution in [0.3, 0.4) is 0 Å². The average molecular weight is 398 g/mol. The lowest BCUT2D eigenvalue weighted by Crippen LogP contribution is -2.41. The van der Waals surface area contributed by atoms with E-state index in [1.165, 1.54) is 0 Å². The van der Waals surface area contributed by atoms with Gasteiger partial charge in [-0.1, -0.05) is 23.7 Å².